The predicted octanol–water partition coefficient (Wildman–Crippen LogP) is 4.58. The van der Waals surface area contributed by atoms with Crippen LogP contribution in [0.1, 0.15) is 35.9 Å². The van der Waals surface area contributed by atoms with E-state index in [-0.39, 0.29) is 6.10 Å². The van der Waals surface area contributed by atoms with Crippen LogP contribution >= 0.6 is 0 Å². The highest BCUT2D eigenvalue weighted by molar-refractivity contribution is 5.76. The molecule has 1 fully saturated rings. The molecule has 1 atom stereocenters. The summed E-state index contributed by atoms with van der Waals surface area (Å²) in [6.07, 6.45) is 2.25. The second-order valence-corrected chi connectivity index (χ2v) is 6.66. The lowest BCUT2D eigenvalue weighted by molar-refractivity contribution is 0.101. The number of fused-ring (bicyclic) bond motifs is 1. The van der Waals surface area contributed by atoms with Crippen LogP contribution in [0.4, 0.5) is 0 Å². The molecule has 1 aromatic heterocycles. The number of aromatic nitrogens is 2. The van der Waals surface area contributed by atoms with Gasteiger partial charge in [0.15, 0.2) is 0 Å². The number of hydrogen-bond acceptors (Lipinski definition) is 3. The van der Waals surface area contributed by atoms with Crippen LogP contribution in [0.25, 0.3) is 11.0 Å². The van der Waals surface area contributed by atoms with Crippen LogP contribution in [0.5, 0.6) is 5.75 Å². The minimum atomic E-state index is 0.105. The molecule has 2 heterocycles. The summed E-state index contributed by atoms with van der Waals surface area (Å²) >= 11 is 0. The van der Waals surface area contributed by atoms with Crippen molar-refractivity contribution in [2.75, 3.05) is 13.2 Å². The van der Waals surface area contributed by atoms with Crippen molar-refractivity contribution in [3.63, 3.8) is 0 Å². The third-order valence-corrected chi connectivity index (χ3v) is 5.03. The lowest BCUT2D eigenvalue weighted by atomic mass is 10.1. The molecule has 0 spiro atoms. The number of aryl methyl sites for hydroxylation is 1. The van der Waals surface area contributed by atoms with E-state index in [1.54, 1.807) is 0 Å². The van der Waals surface area contributed by atoms with Crippen LogP contribution in [0.3, 0.4) is 0 Å². The summed E-state index contributed by atoms with van der Waals surface area (Å²) in [4.78, 5) is 4.83. The van der Waals surface area contributed by atoms with Gasteiger partial charge in [-0.3, -0.25) is 0 Å². The van der Waals surface area contributed by atoms with E-state index in [9.17, 15) is 0 Å². The van der Waals surface area contributed by atoms with Gasteiger partial charge in [0.1, 0.15) is 24.3 Å². The summed E-state index contributed by atoms with van der Waals surface area (Å²) in [6, 6.07) is 14.5. The van der Waals surface area contributed by atoms with Crippen molar-refractivity contribution < 1.29 is 9.47 Å². The zero-order chi connectivity index (χ0) is 17.2. The van der Waals surface area contributed by atoms with Crippen LogP contribution in [0.15, 0.2) is 42.5 Å². The van der Waals surface area contributed by atoms with Gasteiger partial charge in [-0.1, -0.05) is 24.3 Å². The Kier molecular flexibility index (Phi) is 4.45. The van der Waals surface area contributed by atoms with Gasteiger partial charge >= 0.3 is 0 Å². The SMILES string of the molecule is Cc1cccc(OCCn2c(C3CCCO3)nc3ccccc32)c1C. The van der Waals surface area contributed by atoms with Crippen LogP contribution in [0, 0.1) is 13.8 Å². The molecule has 4 nitrogen and oxygen atoms in total. The molecule has 25 heavy (non-hydrogen) atoms. The van der Waals surface area contributed by atoms with Gasteiger partial charge in [-0.15, -0.1) is 0 Å². The Labute approximate surface area is 148 Å². The summed E-state index contributed by atoms with van der Waals surface area (Å²) in [5.74, 6) is 1.99. The molecule has 1 unspecified atom stereocenters. The molecule has 130 valence electrons. The van der Waals surface area contributed by atoms with Crippen molar-refractivity contribution in [1.82, 2.24) is 9.55 Å². The number of ether oxygens (including phenoxy) is 2. The number of imidazole rings is 1. The fourth-order valence-corrected chi connectivity index (χ4v) is 3.48. The van der Waals surface area contributed by atoms with Crippen molar-refractivity contribution >= 4 is 11.0 Å². The van der Waals surface area contributed by atoms with Gasteiger partial charge < -0.3 is 14.0 Å². The molecule has 0 saturated carbocycles. The van der Waals surface area contributed by atoms with Gasteiger partial charge in [0.25, 0.3) is 0 Å². The van der Waals surface area contributed by atoms with Gasteiger partial charge in [0, 0.05) is 6.61 Å². The average Bonchev–Trinajstić information content (AvgIpc) is 3.26. The molecule has 1 aliphatic heterocycles. The van der Waals surface area contributed by atoms with E-state index in [1.165, 1.54) is 11.1 Å². The van der Waals surface area contributed by atoms with Crippen molar-refractivity contribution in [3.05, 3.63) is 59.4 Å². The van der Waals surface area contributed by atoms with Gasteiger partial charge in [0.05, 0.1) is 17.6 Å². The molecular weight excluding hydrogens is 312 g/mol. The van der Waals surface area contributed by atoms with Crippen molar-refractivity contribution in [3.8, 4) is 5.75 Å². The zero-order valence-corrected chi connectivity index (χ0v) is 14.9. The molecular formula is C21H24N2O2. The Morgan fingerprint density at radius 2 is 2.04 bits per heavy atom. The zero-order valence-electron chi connectivity index (χ0n) is 14.9. The van der Waals surface area contributed by atoms with Gasteiger partial charge in [0.2, 0.25) is 0 Å². The summed E-state index contributed by atoms with van der Waals surface area (Å²) < 4.78 is 14.2. The Balaban J connectivity index is 1.57. The number of benzene rings is 2. The molecule has 1 aliphatic rings. The largest absolute Gasteiger partial charge is 0.491 e. The van der Waals surface area contributed by atoms with E-state index >= 15 is 0 Å². The first kappa shape index (κ1) is 16.2. The first-order chi connectivity index (χ1) is 12.2. The Bertz CT molecular complexity index is 879. The molecule has 4 heteroatoms. The Hall–Kier alpha value is -2.33. The third-order valence-electron chi connectivity index (χ3n) is 5.03. The molecule has 0 N–H and O–H groups in total. The van der Waals surface area contributed by atoms with Gasteiger partial charge in [-0.05, 0) is 56.0 Å². The standard InChI is InChI=1S/C21H24N2O2/c1-15-7-5-10-19(16(15)2)25-14-12-23-18-9-4-3-8-17(18)22-21(23)20-11-6-13-24-20/h3-5,7-10,20H,6,11-14H2,1-2H3. The maximum atomic E-state index is 6.07. The molecule has 0 amide bonds. The molecule has 4 rings (SSSR count). The van der Waals surface area contributed by atoms with Gasteiger partial charge in [-0.2, -0.15) is 0 Å². The highest BCUT2D eigenvalue weighted by Crippen LogP contribution is 2.30. The quantitative estimate of drug-likeness (QED) is 0.684. The maximum absolute atomic E-state index is 6.07. The summed E-state index contributed by atoms with van der Waals surface area (Å²) in [7, 11) is 0. The third kappa shape index (κ3) is 3.14. The molecule has 0 aliphatic carbocycles. The Morgan fingerprint density at radius 1 is 1.16 bits per heavy atom. The normalized spacial score (nSPS) is 17.3. The highest BCUT2D eigenvalue weighted by atomic mass is 16.5. The first-order valence-corrected chi connectivity index (χ1v) is 9.00. The van der Waals surface area contributed by atoms with Gasteiger partial charge in [-0.25, -0.2) is 4.98 Å². The summed E-state index contributed by atoms with van der Waals surface area (Å²) in [6.45, 7) is 6.43. The summed E-state index contributed by atoms with van der Waals surface area (Å²) in [5, 5.41) is 0. The number of para-hydroxylation sites is 2. The topological polar surface area (TPSA) is 36.3 Å². The maximum Gasteiger partial charge on any atom is 0.139 e. The minimum Gasteiger partial charge on any atom is -0.491 e. The van der Waals surface area contributed by atoms with Crippen molar-refractivity contribution in [2.45, 2.75) is 39.3 Å². The number of hydrogen-bond donors (Lipinski definition) is 0. The molecule has 0 radical (unpaired) electrons. The predicted molar refractivity (Wildman–Crippen MR) is 99.1 cm³/mol. The lowest BCUT2D eigenvalue weighted by Gasteiger charge is -2.15. The Morgan fingerprint density at radius 3 is 2.88 bits per heavy atom. The fourth-order valence-electron chi connectivity index (χ4n) is 3.48. The van der Waals surface area contributed by atoms with E-state index in [0.717, 1.165) is 48.6 Å². The second-order valence-electron chi connectivity index (χ2n) is 6.66. The van der Waals surface area contributed by atoms with E-state index in [2.05, 4.69) is 42.7 Å². The van der Waals surface area contributed by atoms with Crippen molar-refractivity contribution in [2.24, 2.45) is 0 Å². The highest BCUT2D eigenvalue weighted by Gasteiger charge is 2.24. The van der Waals surface area contributed by atoms with E-state index < -0.39 is 0 Å². The number of nitrogens with zero attached hydrogens (tertiary/aromatic N) is 2. The van der Waals surface area contributed by atoms with Crippen LogP contribution in [-0.4, -0.2) is 22.8 Å². The second kappa shape index (κ2) is 6.89. The number of rotatable bonds is 5. The van der Waals surface area contributed by atoms with Crippen molar-refractivity contribution in [1.29, 1.82) is 0 Å². The molecule has 2 aromatic carbocycles. The smallest absolute Gasteiger partial charge is 0.139 e. The first-order valence-electron chi connectivity index (χ1n) is 9.00. The molecule has 1 saturated heterocycles. The van der Waals surface area contributed by atoms with Crippen LogP contribution in [0.2, 0.25) is 0 Å². The molecule has 0 bridgehead atoms. The van der Waals surface area contributed by atoms with E-state index in [1.807, 2.05) is 18.2 Å². The fraction of sp³-hybridized carbons (Fsp3) is 0.381. The average molecular weight is 336 g/mol. The van der Waals surface area contributed by atoms with Crippen LogP contribution in [-0.2, 0) is 11.3 Å². The van der Waals surface area contributed by atoms with E-state index in [4.69, 9.17) is 14.5 Å². The monoisotopic (exact) mass is 336 g/mol. The summed E-state index contributed by atoms with van der Waals surface area (Å²) in [5.41, 5.74) is 4.64. The minimum absolute atomic E-state index is 0.105. The van der Waals surface area contributed by atoms with E-state index in [0.29, 0.717) is 6.61 Å². The molecule has 3 aromatic rings. The van der Waals surface area contributed by atoms with Crippen LogP contribution < -0.4 is 4.74 Å². The lowest BCUT2D eigenvalue weighted by Crippen LogP contribution is -2.14.